The largest absolute Gasteiger partial charge is 0.356 e. The highest BCUT2D eigenvalue weighted by atomic mass is 35.5. The van der Waals surface area contributed by atoms with Gasteiger partial charge in [0, 0.05) is 37.7 Å². The second-order valence-electron chi connectivity index (χ2n) is 5.78. The fraction of sp³-hybridized carbons (Fsp3) is 0.500. The third-order valence-electron chi connectivity index (χ3n) is 4.09. The normalized spacial score (nSPS) is 15.2. The molecule has 1 saturated heterocycles. The number of hydrogen-bond acceptors (Lipinski definition) is 4. The Hall–Kier alpha value is -2.15. The molecule has 130 valence electrons. The van der Waals surface area contributed by atoms with Crippen molar-refractivity contribution in [2.24, 2.45) is 5.92 Å². The lowest BCUT2D eigenvalue weighted by Gasteiger charge is -2.31. The monoisotopic (exact) mass is 353 g/mol. The molecule has 1 aliphatic heterocycles. The van der Waals surface area contributed by atoms with E-state index in [0.29, 0.717) is 32.5 Å². The fourth-order valence-corrected chi connectivity index (χ4v) is 2.90. The second-order valence-corrected chi connectivity index (χ2v) is 6.19. The number of carbonyl (C=O) groups excluding carboxylic acids is 2. The molecular formula is C16H20ClN3O4. The molecule has 2 amide bonds. The number of halogens is 1. The summed E-state index contributed by atoms with van der Waals surface area (Å²) >= 11 is 6.02. The Morgan fingerprint density at radius 2 is 2.04 bits per heavy atom. The highest BCUT2D eigenvalue weighted by Gasteiger charge is 2.29. The molecule has 0 atom stereocenters. The number of piperidine rings is 1. The predicted molar refractivity (Wildman–Crippen MR) is 90.0 cm³/mol. The molecule has 0 radical (unpaired) electrons. The van der Waals surface area contributed by atoms with Gasteiger partial charge >= 0.3 is 0 Å². The van der Waals surface area contributed by atoms with Gasteiger partial charge in [0.25, 0.3) is 11.6 Å². The van der Waals surface area contributed by atoms with Crippen molar-refractivity contribution in [3.63, 3.8) is 0 Å². The van der Waals surface area contributed by atoms with Crippen LogP contribution >= 0.6 is 11.6 Å². The van der Waals surface area contributed by atoms with Crippen LogP contribution in [-0.2, 0) is 4.79 Å². The number of non-ortho nitro benzene ring substituents is 1. The van der Waals surface area contributed by atoms with E-state index < -0.39 is 4.92 Å². The smallest absolute Gasteiger partial charge is 0.270 e. The number of rotatable bonds is 5. The first-order valence-electron chi connectivity index (χ1n) is 7.95. The Morgan fingerprint density at radius 3 is 2.62 bits per heavy atom. The molecule has 0 saturated carbocycles. The number of nitro benzene ring substituents is 1. The van der Waals surface area contributed by atoms with Gasteiger partial charge in [-0.05, 0) is 25.3 Å². The highest BCUT2D eigenvalue weighted by Crippen LogP contribution is 2.26. The molecule has 2 rings (SSSR count). The van der Waals surface area contributed by atoms with Crippen LogP contribution in [0.1, 0.15) is 36.5 Å². The quantitative estimate of drug-likeness (QED) is 0.650. The van der Waals surface area contributed by atoms with Gasteiger partial charge in [0.05, 0.1) is 15.5 Å². The summed E-state index contributed by atoms with van der Waals surface area (Å²) < 4.78 is 0. The zero-order chi connectivity index (χ0) is 17.7. The van der Waals surface area contributed by atoms with Gasteiger partial charge in [-0.15, -0.1) is 0 Å². The molecule has 24 heavy (non-hydrogen) atoms. The van der Waals surface area contributed by atoms with Crippen LogP contribution in [0.5, 0.6) is 0 Å². The average molecular weight is 354 g/mol. The summed E-state index contributed by atoms with van der Waals surface area (Å²) in [5.74, 6) is -0.408. The molecule has 7 nitrogen and oxygen atoms in total. The van der Waals surface area contributed by atoms with Gasteiger partial charge in [-0.1, -0.05) is 18.5 Å². The number of amides is 2. The SMILES string of the molecule is CCCNC(=O)C1CCN(C(=O)c2cc([N+](=O)[O-])ccc2Cl)CC1. The van der Waals surface area contributed by atoms with E-state index >= 15 is 0 Å². The molecule has 1 N–H and O–H groups in total. The molecule has 1 aliphatic rings. The standard InChI is InChI=1S/C16H20ClN3O4/c1-2-7-18-15(21)11-5-8-19(9-6-11)16(22)13-10-12(20(23)24)3-4-14(13)17/h3-4,10-11H,2,5-9H2,1H3,(H,18,21). The van der Waals surface area contributed by atoms with Crippen molar-refractivity contribution in [1.29, 1.82) is 0 Å². The maximum Gasteiger partial charge on any atom is 0.270 e. The third kappa shape index (κ3) is 4.23. The van der Waals surface area contributed by atoms with Gasteiger partial charge in [-0.25, -0.2) is 0 Å². The number of nitro groups is 1. The zero-order valence-electron chi connectivity index (χ0n) is 13.5. The lowest BCUT2D eigenvalue weighted by atomic mass is 9.95. The van der Waals surface area contributed by atoms with Crippen molar-refractivity contribution in [3.05, 3.63) is 38.9 Å². The molecule has 0 aliphatic carbocycles. The summed E-state index contributed by atoms with van der Waals surface area (Å²) in [5, 5.41) is 13.9. The predicted octanol–water partition coefficient (Wildman–Crippen LogP) is 2.63. The van der Waals surface area contributed by atoms with Crippen molar-refractivity contribution >= 4 is 29.1 Å². The average Bonchev–Trinajstić information content (AvgIpc) is 2.59. The van der Waals surface area contributed by atoms with Crippen LogP contribution in [0.25, 0.3) is 0 Å². The molecular weight excluding hydrogens is 334 g/mol. The number of carbonyl (C=O) groups is 2. The topological polar surface area (TPSA) is 92.6 Å². The van der Waals surface area contributed by atoms with Crippen molar-refractivity contribution in [1.82, 2.24) is 10.2 Å². The summed E-state index contributed by atoms with van der Waals surface area (Å²) in [4.78, 5) is 36.4. The van der Waals surface area contributed by atoms with Crippen molar-refractivity contribution in [3.8, 4) is 0 Å². The molecule has 0 spiro atoms. The van der Waals surface area contributed by atoms with E-state index in [4.69, 9.17) is 11.6 Å². The van der Waals surface area contributed by atoms with Crippen LogP contribution in [0, 0.1) is 16.0 Å². The summed E-state index contributed by atoms with van der Waals surface area (Å²) in [7, 11) is 0. The van der Waals surface area contributed by atoms with Crippen molar-refractivity contribution in [2.45, 2.75) is 26.2 Å². The first-order valence-corrected chi connectivity index (χ1v) is 8.32. The highest BCUT2D eigenvalue weighted by molar-refractivity contribution is 6.33. The Kier molecular flexibility index (Phi) is 6.14. The van der Waals surface area contributed by atoms with E-state index in [1.54, 1.807) is 4.90 Å². The lowest BCUT2D eigenvalue weighted by molar-refractivity contribution is -0.384. The Bertz CT molecular complexity index is 642. The first kappa shape index (κ1) is 18.2. The van der Waals surface area contributed by atoms with Crippen molar-refractivity contribution in [2.75, 3.05) is 19.6 Å². The maximum atomic E-state index is 12.6. The van der Waals surface area contributed by atoms with Gasteiger partial charge < -0.3 is 10.2 Å². The fourth-order valence-electron chi connectivity index (χ4n) is 2.70. The molecule has 0 aromatic heterocycles. The third-order valence-corrected chi connectivity index (χ3v) is 4.42. The maximum absolute atomic E-state index is 12.6. The van der Waals surface area contributed by atoms with E-state index in [1.165, 1.54) is 18.2 Å². The van der Waals surface area contributed by atoms with Gasteiger partial charge in [0.2, 0.25) is 5.91 Å². The molecule has 8 heteroatoms. The molecule has 1 fully saturated rings. The minimum atomic E-state index is -0.558. The number of nitrogens with one attached hydrogen (secondary N) is 1. The van der Waals surface area contributed by atoms with E-state index in [2.05, 4.69) is 5.32 Å². The first-order chi connectivity index (χ1) is 11.4. The van der Waals surface area contributed by atoms with Gasteiger partial charge in [-0.3, -0.25) is 19.7 Å². The molecule has 1 aromatic carbocycles. The summed E-state index contributed by atoms with van der Waals surface area (Å²) in [6.45, 7) is 3.51. The Morgan fingerprint density at radius 1 is 1.38 bits per heavy atom. The van der Waals surface area contributed by atoms with Gasteiger partial charge in [0.15, 0.2) is 0 Å². The molecule has 0 unspecified atom stereocenters. The number of benzene rings is 1. The Labute approximate surface area is 145 Å². The van der Waals surface area contributed by atoms with Crippen LogP contribution in [-0.4, -0.2) is 41.3 Å². The minimum absolute atomic E-state index is 0.0253. The molecule has 1 aromatic rings. The van der Waals surface area contributed by atoms with E-state index in [9.17, 15) is 19.7 Å². The van der Waals surface area contributed by atoms with Crippen LogP contribution in [0.2, 0.25) is 5.02 Å². The summed E-state index contributed by atoms with van der Waals surface area (Å²) in [6, 6.07) is 3.83. The van der Waals surface area contributed by atoms with E-state index in [-0.39, 0.29) is 34.0 Å². The molecule has 0 bridgehead atoms. The van der Waals surface area contributed by atoms with Gasteiger partial charge in [-0.2, -0.15) is 0 Å². The van der Waals surface area contributed by atoms with Crippen LogP contribution in [0.4, 0.5) is 5.69 Å². The van der Waals surface area contributed by atoms with Crippen LogP contribution < -0.4 is 5.32 Å². The van der Waals surface area contributed by atoms with E-state index in [0.717, 1.165) is 6.42 Å². The van der Waals surface area contributed by atoms with Gasteiger partial charge in [0.1, 0.15) is 0 Å². The summed E-state index contributed by atoms with van der Waals surface area (Å²) in [6.07, 6.45) is 2.04. The Balaban J connectivity index is 2.02. The minimum Gasteiger partial charge on any atom is -0.356 e. The number of hydrogen-bond donors (Lipinski definition) is 1. The number of likely N-dealkylation sites (tertiary alicyclic amines) is 1. The van der Waals surface area contributed by atoms with E-state index in [1.807, 2.05) is 6.92 Å². The molecule has 1 heterocycles. The summed E-state index contributed by atoms with van der Waals surface area (Å²) in [5.41, 5.74) is -0.0451. The number of nitrogens with zero attached hydrogens (tertiary/aromatic N) is 2. The van der Waals surface area contributed by atoms with Crippen LogP contribution in [0.3, 0.4) is 0 Å². The van der Waals surface area contributed by atoms with Crippen molar-refractivity contribution < 1.29 is 14.5 Å². The second kappa shape index (κ2) is 8.10. The lowest BCUT2D eigenvalue weighted by Crippen LogP contribution is -2.43. The van der Waals surface area contributed by atoms with Crippen LogP contribution in [0.15, 0.2) is 18.2 Å². The zero-order valence-corrected chi connectivity index (χ0v) is 14.2.